The van der Waals surface area contributed by atoms with Gasteiger partial charge in [-0.15, -0.1) is 0 Å². The van der Waals surface area contributed by atoms with Crippen molar-refractivity contribution in [2.45, 2.75) is 32.2 Å². The first-order valence-electron chi connectivity index (χ1n) is 6.73. The second-order valence-corrected chi connectivity index (χ2v) is 4.90. The summed E-state index contributed by atoms with van der Waals surface area (Å²) in [5, 5.41) is 11.6. The number of benzene rings is 1. The molecule has 0 aromatic heterocycles. The summed E-state index contributed by atoms with van der Waals surface area (Å²) < 4.78 is 0. The van der Waals surface area contributed by atoms with Gasteiger partial charge in [-0.05, 0) is 36.5 Å². The van der Waals surface area contributed by atoms with Crippen molar-refractivity contribution in [1.82, 2.24) is 5.32 Å². The van der Waals surface area contributed by atoms with Crippen LogP contribution in [0.2, 0.25) is 0 Å². The molecule has 1 aromatic rings. The lowest BCUT2D eigenvalue weighted by molar-refractivity contribution is -0.121. The first-order chi connectivity index (χ1) is 9.28. The number of carbonyl (C=O) groups is 1. The molecule has 0 bridgehead atoms. The van der Waals surface area contributed by atoms with Crippen LogP contribution >= 0.6 is 0 Å². The average Bonchev–Trinajstić information content (AvgIpc) is 3.22. The van der Waals surface area contributed by atoms with Gasteiger partial charge >= 0.3 is 0 Å². The lowest BCUT2D eigenvalue weighted by Crippen LogP contribution is -2.22. The Kier molecular flexibility index (Phi) is 5.00. The van der Waals surface area contributed by atoms with Gasteiger partial charge in [-0.25, -0.2) is 0 Å². The second-order valence-electron chi connectivity index (χ2n) is 4.90. The van der Waals surface area contributed by atoms with E-state index in [4.69, 9.17) is 5.11 Å². The molecule has 1 amide bonds. The quantitative estimate of drug-likeness (QED) is 0.791. The topological polar surface area (TPSA) is 49.3 Å². The van der Waals surface area contributed by atoms with Crippen molar-refractivity contribution in [2.24, 2.45) is 5.92 Å². The molecule has 3 heteroatoms. The van der Waals surface area contributed by atoms with E-state index in [9.17, 15) is 4.79 Å². The molecular formula is C16H19NO2. The third-order valence-corrected chi connectivity index (χ3v) is 3.08. The van der Waals surface area contributed by atoms with E-state index < -0.39 is 0 Å². The number of amides is 1. The number of rotatable bonds is 5. The first-order valence-corrected chi connectivity index (χ1v) is 6.73. The Labute approximate surface area is 114 Å². The summed E-state index contributed by atoms with van der Waals surface area (Å²) in [6.07, 6.45) is 3.58. The highest BCUT2D eigenvalue weighted by atomic mass is 16.2. The maximum Gasteiger partial charge on any atom is 0.220 e. The summed E-state index contributed by atoms with van der Waals surface area (Å²) in [6.45, 7) is 0.675. The van der Waals surface area contributed by atoms with E-state index >= 15 is 0 Å². The van der Waals surface area contributed by atoms with Crippen molar-refractivity contribution in [3.8, 4) is 11.8 Å². The van der Waals surface area contributed by atoms with Crippen LogP contribution in [0.5, 0.6) is 0 Å². The van der Waals surface area contributed by atoms with Gasteiger partial charge in [0.15, 0.2) is 0 Å². The van der Waals surface area contributed by atoms with Crippen LogP contribution in [0.15, 0.2) is 24.3 Å². The van der Waals surface area contributed by atoms with Crippen molar-refractivity contribution >= 4 is 5.91 Å². The molecular weight excluding hydrogens is 238 g/mol. The highest BCUT2D eigenvalue weighted by Crippen LogP contribution is 2.32. The van der Waals surface area contributed by atoms with Gasteiger partial charge in [0.2, 0.25) is 5.91 Å². The molecule has 3 nitrogen and oxygen atoms in total. The van der Waals surface area contributed by atoms with Crippen LogP contribution in [0.1, 0.15) is 36.8 Å². The summed E-state index contributed by atoms with van der Waals surface area (Å²) in [5.74, 6) is 6.63. The lowest BCUT2D eigenvalue weighted by Gasteiger charge is -2.04. The zero-order valence-corrected chi connectivity index (χ0v) is 11.0. The van der Waals surface area contributed by atoms with Gasteiger partial charge in [0.1, 0.15) is 0 Å². The summed E-state index contributed by atoms with van der Waals surface area (Å²) >= 11 is 0. The minimum Gasteiger partial charge on any atom is -0.395 e. The standard InChI is InChI=1S/C16H19NO2/c18-10-2-1-3-13-4-8-15(9-5-13)12-17-16(19)11-14-6-7-14/h4-5,8-9,14,18H,2,6-7,10-12H2,(H,17,19). The predicted octanol–water partition coefficient (Wildman–Crippen LogP) is 1.84. The summed E-state index contributed by atoms with van der Waals surface area (Å²) in [6, 6.07) is 7.82. The van der Waals surface area contributed by atoms with Crippen LogP contribution in [-0.4, -0.2) is 17.6 Å². The fraction of sp³-hybridized carbons (Fsp3) is 0.438. The maximum atomic E-state index is 11.6. The molecule has 0 spiro atoms. The minimum atomic E-state index is 0.0953. The molecule has 0 radical (unpaired) electrons. The third kappa shape index (κ3) is 5.15. The second kappa shape index (κ2) is 6.96. The molecule has 0 unspecified atom stereocenters. The molecule has 2 rings (SSSR count). The lowest BCUT2D eigenvalue weighted by atomic mass is 10.1. The predicted molar refractivity (Wildman–Crippen MR) is 74.2 cm³/mol. The van der Waals surface area contributed by atoms with Crippen molar-refractivity contribution < 1.29 is 9.90 Å². The number of carbonyl (C=O) groups excluding carboxylic acids is 1. The van der Waals surface area contributed by atoms with Crippen LogP contribution in [0.3, 0.4) is 0 Å². The van der Waals surface area contributed by atoms with E-state index in [0.717, 1.165) is 11.1 Å². The molecule has 1 fully saturated rings. The van der Waals surface area contributed by atoms with Crippen molar-refractivity contribution in [1.29, 1.82) is 0 Å². The number of hydrogen-bond acceptors (Lipinski definition) is 2. The van der Waals surface area contributed by atoms with Crippen molar-refractivity contribution in [2.75, 3.05) is 6.61 Å². The molecule has 100 valence electrons. The zero-order chi connectivity index (χ0) is 13.5. The maximum absolute atomic E-state index is 11.6. The van der Waals surface area contributed by atoms with Gasteiger partial charge in [-0.1, -0.05) is 24.0 Å². The average molecular weight is 257 g/mol. The highest BCUT2D eigenvalue weighted by molar-refractivity contribution is 5.76. The van der Waals surface area contributed by atoms with Gasteiger partial charge in [-0.3, -0.25) is 4.79 Å². The molecule has 0 heterocycles. The largest absolute Gasteiger partial charge is 0.395 e. The molecule has 1 aromatic carbocycles. The SMILES string of the molecule is O=C(CC1CC1)NCc1ccc(C#CCCO)cc1. The number of nitrogens with one attached hydrogen (secondary N) is 1. The van der Waals surface area contributed by atoms with Gasteiger partial charge in [0.05, 0.1) is 6.61 Å². The zero-order valence-electron chi connectivity index (χ0n) is 11.0. The fourth-order valence-electron chi connectivity index (χ4n) is 1.78. The van der Waals surface area contributed by atoms with Crippen LogP contribution < -0.4 is 5.32 Å². The normalized spacial score (nSPS) is 13.5. The summed E-state index contributed by atoms with van der Waals surface area (Å²) in [7, 11) is 0. The van der Waals surface area contributed by atoms with E-state index in [2.05, 4.69) is 17.2 Å². The summed E-state index contributed by atoms with van der Waals surface area (Å²) in [4.78, 5) is 11.6. The molecule has 1 saturated carbocycles. The highest BCUT2D eigenvalue weighted by Gasteiger charge is 2.23. The smallest absolute Gasteiger partial charge is 0.220 e. The molecule has 19 heavy (non-hydrogen) atoms. The van der Waals surface area contributed by atoms with Crippen LogP contribution in [0, 0.1) is 17.8 Å². The Balaban J connectivity index is 1.78. The third-order valence-electron chi connectivity index (χ3n) is 3.08. The molecule has 0 aliphatic heterocycles. The Morgan fingerprint density at radius 2 is 2.05 bits per heavy atom. The van der Waals surface area contributed by atoms with Crippen molar-refractivity contribution in [3.05, 3.63) is 35.4 Å². The molecule has 1 aliphatic carbocycles. The first kappa shape index (κ1) is 13.6. The Bertz CT molecular complexity index is 478. The van der Waals surface area contributed by atoms with E-state index in [0.29, 0.717) is 25.3 Å². The van der Waals surface area contributed by atoms with Gasteiger partial charge in [0, 0.05) is 24.9 Å². The molecule has 2 N–H and O–H groups in total. The molecule has 1 aliphatic rings. The fourth-order valence-corrected chi connectivity index (χ4v) is 1.78. The Morgan fingerprint density at radius 3 is 2.68 bits per heavy atom. The van der Waals surface area contributed by atoms with E-state index in [1.54, 1.807) is 0 Å². The monoisotopic (exact) mass is 257 g/mol. The van der Waals surface area contributed by atoms with Crippen LogP contribution in [0.25, 0.3) is 0 Å². The van der Waals surface area contributed by atoms with Crippen LogP contribution in [0.4, 0.5) is 0 Å². The minimum absolute atomic E-state index is 0.0953. The van der Waals surface area contributed by atoms with Gasteiger partial charge < -0.3 is 10.4 Å². The van der Waals surface area contributed by atoms with E-state index in [1.165, 1.54) is 12.8 Å². The van der Waals surface area contributed by atoms with Gasteiger partial charge in [-0.2, -0.15) is 0 Å². The summed E-state index contributed by atoms with van der Waals surface area (Å²) in [5.41, 5.74) is 2.01. The molecule has 0 atom stereocenters. The Morgan fingerprint density at radius 1 is 1.32 bits per heavy atom. The van der Waals surface area contributed by atoms with Gasteiger partial charge in [0.25, 0.3) is 0 Å². The van der Waals surface area contributed by atoms with Crippen molar-refractivity contribution in [3.63, 3.8) is 0 Å². The van der Waals surface area contributed by atoms with E-state index in [-0.39, 0.29) is 12.5 Å². The molecule has 0 saturated heterocycles. The number of hydrogen-bond donors (Lipinski definition) is 2. The Hall–Kier alpha value is -1.79. The van der Waals surface area contributed by atoms with Crippen LogP contribution in [-0.2, 0) is 11.3 Å². The van der Waals surface area contributed by atoms with E-state index in [1.807, 2.05) is 24.3 Å². The number of aliphatic hydroxyl groups is 1. The number of aliphatic hydroxyl groups excluding tert-OH is 1.